The second-order valence-electron chi connectivity index (χ2n) is 10.0. The van der Waals surface area contributed by atoms with Gasteiger partial charge < -0.3 is 35.7 Å². The summed E-state index contributed by atoms with van der Waals surface area (Å²) in [6, 6.07) is 21.4. The summed E-state index contributed by atoms with van der Waals surface area (Å²) in [5, 5.41) is 10.2. The number of aromatic carboxylic acids is 1. The van der Waals surface area contributed by atoms with Crippen LogP contribution in [-0.4, -0.2) is 52.6 Å². The molecule has 215 valence electrons. The fraction of sp³-hybridized carbons (Fsp3) is 0.250. The number of ether oxygens (including phenoxy) is 2. The SMILES string of the molecule is CC(C)(C)OC(=O)N(C[CH-]Cc1c[nH]c2ccccc12)Cc1ccc(C(=O)O)cc1.COc1ccc([C-]=O)cc1.[Mn+2]. The van der Waals surface area contributed by atoms with Crippen molar-refractivity contribution < 1.29 is 46.0 Å². The zero-order chi connectivity index (χ0) is 29.1. The molecule has 1 radical (unpaired) electrons. The monoisotopic (exact) mass is 597 g/mol. The number of hydrogen-bond acceptors (Lipinski definition) is 5. The number of para-hydroxylation sites is 1. The quantitative estimate of drug-likeness (QED) is 0.176. The molecular formula is C32H34MnN2O6. The number of carbonyl (C=O) groups excluding carboxylic acids is 2. The summed E-state index contributed by atoms with van der Waals surface area (Å²) in [7, 11) is 1.58. The van der Waals surface area contributed by atoms with Gasteiger partial charge in [0, 0.05) is 18.3 Å². The molecule has 0 aliphatic carbocycles. The number of benzene rings is 3. The standard InChI is InChI=1S/C24H27N2O4.C8H7O2.Mn/c1-24(2,3)30-23(29)26(16-17-10-12-18(13-11-17)22(27)28)14-6-7-19-15-25-21-9-5-4-8-20(19)21;1-10-8-4-2-7(6-9)3-5-8;/h4-6,8-13,15,25H,7,14,16H2,1-3H3,(H,27,28);2-5H,1H3;/q2*-1;+2. The zero-order valence-electron chi connectivity index (χ0n) is 23.5. The number of aromatic amines is 1. The molecule has 3 aromatic carbocycles. The van der Waals surface area contributed by atoms with Gasteiger partial charge in [0.25, 0.3) is 0 Å². The molecule has 0 aliphatic rings. The van der Waals surface area contributed by atoms with Crippen molar-refractivity contribution in [3.05, 3.63) is 108 Å². The van der Waals surface area contributed by atoms with E-state index in [0.717, 1.165) is 16.8 Å². The summed E-state index contributed by atoms with van der Waals surface area (Å²) >= 11 is 0. The van der Waals surface area contributed by atoms with E-state index in [9.17, 15) is 14.4 Å². The van der Waals surface area contributed by atoms with Gasteiger partial charge in [-0.1, -0.05) is 54.6 Å². The van der Waals surface area contributed by atoms with Gasteiger partial charge in [-0.3, -0.25) is 0 Å². The normalized spacial score (nSPS) is 10.5. The molecule has 0 atom stereocenters. The van der Waals surface area contributed by atoms with Gasteiger partial charge in [-0.2, -0.15) is 17.7 Å². The van der Waals surface area contributed by atoms with Crippen molar-refractivity contribution in [2.45, 2.75) is 39.3 Å². The molecule has 0 saturated heterocycles. The maximum absolute atomic E-state index is 12.7. The van der Waals surface area contributed by atoms with Crippen LogP contribution in [0, 0.1) is 6.42 Å². The van der Waals surface area contributed by atoms with Crippen molar-refractivity contribution in [2.75, 3.05) is 13.7 Å². The number of fused-ring (bicyclic) bond motifs is 1. The van der Waals surface area contributed by atoms with E-state index in [2.05, 4.69) is 11.1 Å². The third-order valence-corrected chi connectivity index (χ3v) is 5.82. The third-order valence-electron chi connectivity index (χ3n) is 5.82. The van der Waals surface area contributed by atoms with Gasteiger partial charge in [0.2, 0.25) is 0 Å². The van der Waals surface area contributed by atoms with Crippen LogP contribution in [0.2, 0.25) is 0 Å². The van der Waals surface area contributed by atoms with Crippen LogP contribution in [-0.2, 0) is 39.6 Å². The Morgan fingerprint density at radius 2 is 1.66 bits per heavy atom. The van der Waals surface area contributed by atoms with Crippen LogP contribution in [0.5, 0.6) is 5.75 Å². The van der Waals surface area contributed by atoms with E-state index in [1.54, 1.807) is 66.8 Å². The fourth-order valence-electron chi connectivity index (χ4n) is 3.84. The Labute approximate surface area is 251 Å². The predicted octanol–water partition coefficient (Wildman–Crippen LogP) is 6.20. The molecule has 9 heteroatoms. The molecular weight excluding hydrogens is 563 g/mol. The number of rotatable bonds is 9. The minimum absolute atomic E-state index is 0. The maximum Gasteiger partial charge on any atom is 2.00 e. The zero-order valence-corrected chi connectivity index (χ0v) is 24.7. The van der Waals surface area contributed by atoms with Crippen LogP contribution < -0.4 is 4.74 Å². The number of H-pyrrole nitrogens is 1. The molecule has 0 bridgehead atoms. The van der Waals surface area contributed by atoms with Crippen LogP contribution in [0.1, 0.15) is 47.8 Å². The number of amides is 1. The van der Waals surface area contributed by atoms with Crippen LogP contribution in [0.15, 0.2) is 79.0 Å². The van der Waals surface area contributed by atoms with E-state index in [1.165, 1.54) is 10.9 Å². The second kappa shape index (κ2) is 15.6. The van der Waals surface area contributed by atoms with Crippen LogP contribution >= 0.6 is 0 Å². The topological polar surface area (TPSA) is 109 Å². The molecule has 0 spiro atoms. The summed E-state index contributed by atoms with van der Waals surface area (Å²) < 4.78 is 10.4. The first kappa shape index (κ1) is 33.1. The first-order valence-electron chi connectivity index (χ1n) is 12.8. The van der Waals surface area contributed by atoms with Crippen molar-refractivity contribution in [2.24, 2.45) is 0 Å². The largest absolute Gasteiger partial charge is 2.00 e. The Morgan fingerprint density at radius 3 is 2.24 bits per heavy atom. The van der Waals surface area contributed by atoms with Crippen molar-refractivity contribution in [1.29, 1.82) is 0 Å². The van der Waals surface area contributed by atoms with E-state index >= 15 is 0 Å². The van der Waals surface area contributed by atoms with E-state index in [-0.39, 0.29) is 22.6 Å². The van der Waals surface area contributed by atoms with Crippen LogP contribution in [0.4, 0.5) is 4.79 Å². The summed E-state index contributed by atoms with van der Waals surface area (Å²) in [5.74, 6) is -0.225. The number of nitrogens with zero attached hydrogens (tertiary/aromatic N) is 1. The number of carboxylic acids is 1. The third kappa shape index (κ3) is 10.4. The Balaban J connectivity index is 0.000000452. The molecule has 8 nitrogen and oxygen atoms in total. The minimum Gasteiger partial charge on any atom is -0.499 e. The summed E-state index contributed by atoms with van der Waals surface area (Å²) in [6.07, 6.45) is 6.12. The van der Waals surface area contributed by atoms with Crippen molar-refractivity contribution >= 4 is 29.3 Å². The molecule has 4 aromatic rings. The van der Waals surface area contributed by atoms with Crippen LogP contribution in [0.25, 0.3) is 10.9 Å². The molecule has 0 saturated carbocycles. The van der Waals surface area contributed by atoms with Crippen LogP contribution in [0.3, 0.4) is 0 Å². The van der Waals surface area contributed by atoms with Gasteiger partial charge >= 0.3 is 29.1 Å². The summed E-state index contributed by atoms with van der Waals surface area (Å²) in [5.41, 5.74) is 3.25. The average molecular weight is 598 g/mol. The summed E-state index contributed by atoms with van der Waals surface area (Å²) in [6.45, 7) is 6.25. The number of methoxy groups -OCH3 is 1. The molecule has 0 aliphatic heterocycles. The Morgan fingerprint density at radius 1 is 1.00 bits per heavy atom. The van der Waals surface area contributed by atoms with Crippen molar-refractivity contribution in [3.63, 3.8) is 0 Å². The number of hydrogen-bond donors (Lipinski definition) is 2. The van der Waals surface area contributed by atoms with Gasteiger partial charge in [0.15, 0.2) is 0 Å². The smallest absolute Gasteiger partial charge is 0.499 e. The molecule has 1 aromatic heterocycles. The first-order valence-corrected chi connectivity index (χ1v) is 12.8. The number of aromatic nitrogens is 1. The summed E-state index contributed by atoms with van der Waals surface area (Å²) in [4.78, 5) is 38.7. The Bertz CT molecular complexity index is 1410. The molecule has 4 rings (SSSR count). The Kier molecular flexibility index (Phi) is 12.6. The van der Waals surface area contributed by atoms with E-state index in [0.29, 0.717) is 25.1 Å². The second-order valence-corrected chi connectivity index (χ2v) is 10.0. The van der Waals surface area contributed by atoms with Gasteiger partial charge in [-0.15, -0.1) is 6.42 Å². The maximum atomic E-state index is 12.7. The molecule has 41 heavy (non-hydrogen) atoms. The first-order chi connectivity index (χ1) is 19.1. The molecule has 2 N–H and O–H groups in total. The minimum atomic E-state index is -0.974. The average Bonchev–Trinajstić information content (AvgIpc) is 3.35. The fourth-order valence-corrected chi connectivity index (χ4v) is 3.84. The van der Waals surface area contributed by atoms with Gasteiger partial charge in [-0.05, 0) is 49.9 Å². The van der Waals surface area contributed by atoms with E-state index in [4.69, 9.17) is 14.6 Å². The van der Waals surface area contributed by atoms with Gasteiger partial charge in [0.05, 0.1) is 24.7 Å². The van der Waals surface area contributed by atoms with E-state index in [1.807, 2.05) is 51.6 Å². The molecule has 0 unspecified atom stereocenters. The Hall–Kier alpha value is -4.07. The molecule has 0 fully saturated rings. The van der Waals surface area contributed by atoms with Gasteiger partial charge in [0.1, 0.15) is 5.60 Å². The molecule has 1 heterocycles. The van der Waals surface area contributed by atoms with Crippen molar-refractivity contribution in [1.82, 2.24) is 9.88 Å². The number of carboxylic acid groups (broad SMARTS) is 1. The van der Waals surface area contributed by atoms with Crippen molar-refractivity contribution in [3.8, 4) is 5.75 Å². The predicted molar refractivity (Wildman–Crippen MR) is 154 cm³/mol. The van der Waals surface area contributed by atoms with E-state index < -0.39 is 17.7 Å². The number of nitrogens with one attached hydrogen (secondary N) is 1. The number of carbonyl (C=O) groups is 2. The molecule has 1 amide bonds. The van der Waals surface area contributed by atoms with Gasteiger partial charge in [-0.25, -0.2) is 9.59 Å².